The molecule has 1 heterocycles. The Hall–Kier alpha value is -3.21. The van der Waals surface area contributed by atoms with Crippen molar-refractivity contribution in [2.24, 2.45) is 4.99 Å². The predicted octanol–water partition coefficient (Wildman–Crippen LogP) is 5.59. The van der Waals surface area contributed by atoms with Crippen molar-refractivity contribution in [3.63, 3.8) is 0 Å². The van der Waals surface area contributed by atoms with Crippen LogP contribution in [0.5, 0.6) is 0 Å². The molecule has 1 amide bonds. The molecule has 0 aliphatic carbocycles. The number of hydrogen-bond donors (Lipinski definition) is 0. The fourth-order valence-corrected chi connectivity index (χ4v) is 3.35. The number of carbonyl (C=O) groups excluding carboxylic acids is 1. The summed E-state index contributed by atoms with van der Waals surface area (Å²) in [6.45, 7) is 10.6. The molecular weight excluding hydrogens is 384 g/mol. The van der Waals surface area contributed by atoms with E-state index in [4.69, 9.17) is 4.99 Å². The van der Waals surface area contributed by atoms with E-state index in [2.05, 4.69) is 62.3 Å². The first-order valence-corrected chi connectivity index (χ1v) is 10.7. The number of aryl methyl sites for hydroxylation is 1. The molecule has 0 atom stereocenters. The number of rotatable bonds is 6. The Labute approximate surface area is 185 Å². The Kier molecular flexibility index (Phi) is 6.74. The molecule has 31 heavy (non-hydrogen) atoms. The maximum Gasteiger partial charge on any atom is 0.262 e. The van der Waals surface area contributed by atoms with Gasteiger partial charge in [-0.2, -0.15) is 5.10 Å². The van der Waals surface area contributed by atoms with Gasteiger partial charge in [-0.1, -0.05) is 61.5 Å². The van der Waals surface area contributed by atoms with Crippen LogP contribution in [0.4, 0.5) is 0 Å². The Balaban J connectivity index is 1.74. The largest absolute Gasteiger partial charge is 0.300 e. The summed E-state index contributed by atoms with van der Waals surface area (Å²) in [5.74, 6) is 0.622. The highest BCUT2D eigenvalue weighted by molar-refractivity contribution is 6.06. The Morgan fingerprint density at radius 1 is 1.06 bits per heavy atom. The number of aliphatic imine (C=N–C) groups is 1. The standard InChI is InChI=1S/C26H32N4O/c1-7-26(4,5)27-20(3)29(6)25(31)24-18-30(28-19(24)2)17-21-13-15-23(16-14-21)22-11-9-8-10-12-22/h8-16,18H,7,17H2,1-6H3. The second-order valence-corrected chi connectivity index (χ2v) is 8.58. The van der Waals surface area contributed by atoms with Crippen molar-refractivity contribution in [2.45, 2.75) is 53.1 Å². The van der Waals surface area contributed by atoms with Crippen molar-refractivity contribution in [3.05, 3.63) is 77.6 Å². The monoisotopic (exact) mass is 416 g/mol. The van der Waals surface area contributed by atoms with Crippen LogP contribution in [0.15, 0.2) is 65.8 Å². The van der Waals surface area contributed by atoms with Gasteiger partial charge in [0.15, 0.2) is 0 Å². The molecule has 0 fully saturated rings. The summed E-state index contributed by atoms with van der Waals surface area (Å²) in [7, 11) is 1.77. The van der Waals surface area contributed by atoms with E-state index < -0.39 is 0 Å². The molecule has 0 aliphatic heterocycles. The van der Waals surface area contributed by atoms with E-state index in [1.807, 2.05) is 42.9 Å². The number of amides is 1. The quantitative estimate of drug-likeness (QED) is 0.389. The molecular formula is C26H32N4O. The molecule has 0 N–H and O–H groups in total. The second kappa shape index (κ2) is 9.29. The van der Waals surface area contributed by atoms with E-state index >= 15 is 0 Å². The molecule has 3 aromatic rings. The van der Waals surface area contributed by atoms with Crippen molar-refractivity contribution in [1.82, 2.24) is 14.7 Å². The van der Waals surface area contributed by atoms with Gasteiger partial charge in [-0.25, -0.2) is 0 Å². The fraction of sp³-hybridized carbons (Fsp3) is 0.346. The van der Waals surface area contributed by atoms with Crippen molar-refractivity contribution < 1.29 is 4.79 Å². The van der Waals surface area contributed by atoms with Crippen molar-refractivity contribution in [1.29, 1.82) is 0 Å². The third kappa shape index (κ3) is 5.48. The van der Waals surface area contributed by atoms with E-state index in [0.717, 1.165) is 17.7 Å². The second-order valence-electron chi connectivity index (χ2n) is 8.58. The van der Waals surface area contributed by atoms with Gasteiger partial charge in [0.2, 0.25) is 0 Å². The molecule has 5 nitrogen and oxygen atoms in total. The summed E-state index contributed by atoms with van der Waals surface area (Å²) >= 11 is 0. The van der Waals surface area contributed by atoms with Crippen LogP contribution >= 0.6 is 0 Å². The van der Waals surface area contributed by atoms with Gasteiger partial charge in [0.25, 0.3) is 5.91 Å². The van der Waals surface area contributed by atoms with Crippen molar-refractivity contribution in [3.8, 4) is 11.1 Å². The lowest BCUT2D eigenvalue weighted by atomic mass is 10.0. The maximum atomic E-state index is 13.0. The summed E-state index contributed by atoms with van der Waals surface area (Å²) in [6.07, 6.45) is 2.74. The molecule has 0 spiro atoms. The molecule has 0 saturated heterocycles. The Morgan fingerprint density at radius 2 is 1.68 bits per heavy atom. The topological polar surface area (TPSA) is 50.5 Å². The van der Waals surface area contributed by atoms with E-state index in [9.17, 15) is 4.79 Å². The number of nitrogens with zero attached hydrogens (tertiary/aromatic N) is 4. The summed E-state index contributed by atoms with van der Waals surface area (Å²) < 4.78 is 1.83. The maximum absolute atomic E-state index is 13.0. The molecule has 0 aliphatic rings. The number of benzene rings is 2. The van der Waals surface area contributed by atoms with Gasteiger partial charge in [0.1, 0.15) is 5.84 Å². The zero-order chi connectivity index (χ0) is 22.6. The zero-order valence-corrected chi connectivity index (χ0v) is 19.4. The van der Waals surface area contributed by atoms with Crippen LogP contribution in [-0.2, 0) is 6.54 Å². The highest BCUT2D eigenvalue weighted by Crippen LogP contribution is 2.20. The number of hydrogen-bond acceptors (Lipinski definition) is 3. The SMILES string of the molecule is CCC(C)(C)N=C(C)N(C)C(=O)c1cn(Cc2ccc(-c3ccccc3)cc2)nc1C. The van der Waals surface area contributed by atoms with Gasteiger partial charge in [-0.3, -0.25) is 19.4 Å². The fourth-order valence-electron chi connectivity index (χ4n) is 3.35. The minimum Gasteiger partial charge on any atom is -0.300 e. The van der Waals surface area contributed by atoms with Crippen LogP contribution in [0, 0.1) is 6.92 Å². The first-order chi connectivity index (χ1) is 14.7. The number of aromatic nitrogens is 2. The van der Waals surface area contributed by atoms with E-state index in [0.29, 0.717) is 17.9 Å². The van der Waals surface area contributed by atoms with Crippen LogP contribution in [0.2, 0.25) is 0 Å². The lowest BCUT2D eigenvalue weighted by Gasteiger charge is -2.23. The van der Waals surface area contributed by atoms with E-state index in [-0.39, 0.29) is 11.4 Å². The molecule has 2 aromatic carbocycles. The minimum absolute atomic E-state index is 0.0867. The van der Waals surface area contributed by atoms with Gasteiger partial charge in [-0.15, -0.1) is 0 Å². The average molecular weight is 417 g/mol. The van der Waals surface area contributed by atoms with Crippen molar-refractivity contribution in [2.75, 3.05) is 7.05 Å². The third-order valence-electron chi connectivity index (χ3n) is 5.70. The Bertz CT molecular complexity index is 1060. The molecule has 0 bridgehead atoms. The normalized spacial score (nSPS) is 12.1. The van der Waals surface area contributed by atoms with Crippen LogP contribution in [0.3, 0.4) is 0 Å². The number of amidine groups is 1. The zero-order valence-electron chi connectivity index (χ0n) is 19.4. The van der Waals surface area contributed by atoms with Crippen LogP contribution < -0.4 is 0 Å². The first-order valence-electron chi connectivity index (χ1n) is 10.7. The molecule has 0 unspecified atom stereocenters. The summed E-state index contributed by atoms with van der Waals surface area (Å²) in [6, 6.07) is 18.8. The highest BCUT2D eigenvalue weighted by atomic mass is 16.2. The van der Waals surface area contributed by atoms with Gasteiger partial charge in [0.05, 0.1) is 23.3 Å². The molecule has 1 aromatic heterocycles. The molecule has 162 valence electrons. The molecule has 0 saturated carbocycles. The first kappa shape index (κ1) is 22.5. The van der Waals surface area contributed by atoms with Gasteiger partial charge in [0, 0.05) is 13.2 Å². The predicted molar refractivity (Wildman–Crippen MR) is 128 cm³/mol. The Morgan fingerprint density at radius 3 is 2.29 bits per heavy atom. The summed E-state index contributed by atoms with van der Waals surface area (Å²) in [5, 5.41) is 4.57. The van der Waals surface area contributed by atoms with Crippen LogP contribution in [0.25, 0.3) is 11.1 Å². The lowest BCUT2D eigenvalue weighted by Crippen LogP contribution is -2.34. The van der Waals surface area contributed by atoms with E-state index in [1.54, 1.807) is 11.9 Å². The molecule has 5 heteroatoms. The molecule has 3 rings (SSSR count). The van der Waals surface area contributed by atoms with Gasteiger partial charge >= 0.3 is 0 Å². The van der Waals surface area contributed by atoms with Gasteiger partial charge in [-0.05, 0) is 50.8 Å². The lowest BCUT2D eigenvalue weighted by molar-refractivity contribution is 0.0868. The third-order valence-corrected chi connectivity index (χ3v) is 5.70. The summed E-state index contributed by atoms with van der Waals surface area (Å²) in [4.78, 5) is 19.4. The summed E-state index contributed by atoms with van der Waals surface area (Å²) in [5.41, 5.74) is 4.65. The van der Waals surface area contributed by atoms with Gasteiger partial charge < -0.3 is 0 Å². The van der Waals surface area contributed by atoms with Crippen molar-refractivity contribution >= 4 is 11.7 Å². The number of carbonyl (C=O) groups is 1. The average Bonchev–Trinajstić information content (AvgIpc) is 3.13. The van der Waals surface area contributed by atoms with E-state index in [1.165, 1.54) is 11.1 Å². The smallest absolute Gasteiger partial charge is 0.262 e. The van der Waals surface area contributed by atoms with Crippen LogP contribution in [-0.4, -0.2) is 39.0 Å². The van der Waals surface area contributed by atoms with Crippen LogP contribution in [0.1, 0.15) is 55.7 Å². The highest BCUT2D eigenvalue weighted by Gasteiger charge is 2.21. The molecule has 0 radical (unpaired) electrons. The minimum atomic E-state index is -0.191.